The molecular weight excluding hydrogens is 168 g/mol. The quantitative estimate of drug-likeness (QED) is 0.290. The van der Waals surface area contributed by atoms with Crippen LogP contribution < -0.4 is 0 Å². The molecule has 0 spiro atoms. The smallest absolute Gasteiger partial charge is 0.184 e. The lowest BCUT2D eigenvalue weighted by molar-refractivity contribution is -0.286. The van der Waals surface area contributed by atoms with Gasteiger partial charge in [-0.15, -0.1) is 0 Å². The first-order valence-electron chi connectivity index (χ1n) is 3.56. The predicted molar refractivity (Wildman–Crippen MR) is 36.0 cm³/mol. The van der Waals surface area contributed by atoms with E-state index in [-0.39, 0.29) is 0 Å². The molecule has 0 saturated carbocycles. The van der Waals surface area contributed by atoms with E-state index < -0.39 is 37.3 Å². The fourth-order valence-corrected chi connectivity index (χ4v) is 1.08. The van der Waals surface area contributed by atoms with Crippen molar-refractivity contribution in [1.82, 2.24) is 0 Å². The molecule has 0 aromatic heterocycles. The van der Waals surface area contributed by atoms with Gasteiger partial charge in [0.15, 0.2) is 6.29 Å². The molecule has 1 heterocycles. The molecule has 12 heavy (non-hydrogen) atoms. The number of hydrogen-bond donors (Lipinski definition) is 5. The lowest BCUT2D eigenvalue weighted by atomic mass is 10.00. The molecule has 1 fully saturated rings. The van der Waals surface area contributed by atoms with E-state index in [1.165, 1.54) is 0 Å². The maximum absolute atomic E-state index is 9.12. The molecule has 6 heteroatoms. The average Bonchev–Trinajstić information content (AvgIpc) is 2.08. The summed E-state index contributed by atoms with van der Waals surface area (Å²) in [5.74, 6) is 0. The lowest BCUT2D eigenvalue weighted by Crippen LogP contribution is -2.58. The number of ether oxygens (including phenoxy) is 1. The van der Waals surface area contributed by atoms with Gasteiger partial charge in [-0.25, -0.2) is 0 Å². The Labute approximate surface area is 68.6 Å². The first-order valence-corrected chi connectivity index (χ1v) is 3.56. The maximum Gasteiger partial charge on any atom is 0.184 e. The summed E-state index contributed by atoms with van der Waals surface area (Å²) < 4.78 is 4.58. The Morgan fingerprint density at radius 1 is 0.917 bits per heavy atom. The normalized spacial score (nSPS) is 49.2. The minimum atomic E-state index is -1.57. The highest BCUT2D eigenvalue weighted by Crippen LogP contribution is 2.18. The molecular formula is C6H12O6. The molecule has 72 valence electrons. The summed E-state index contributed by atoms with van der Waals surface area (Å²) in [5.41, 5.74) is 0. The number of aliphatic hydroxyl groups is 5. The van der Waals surface area contributed by atoms with Gasteiger partial charge in [0.25, 0.3) is 0 Å². The van der Waals surface area contributed by atoms with Crippen LogP contribution in [-0.2, 0) is 4.74 Å². The van der Waals surface area contributed by atoms with E-state index in [2.05, 4.69) is 4.74 Å². The van der Waals surface area contributed by atoms with E-state index >= 15 is 0 Å². The second-order valence-electron chi connectivity index (χ2n) is 2.72. The van der Waals surface area contributed by atoms with E-state index in [1.807, 2.05) is 0 Å². The second-order valence-corrected chi connectivity index (χ2v) is 2.72. The Balaban J connectivity index is 2.63. The van der Waals surface area contributed by atoms with E-state index in [0.29, 0.717) is 0 Å². The summed E-state index contributed by atoms with van der Waals surface area (Å²) in [6, 6.07) is 0. The Morgan fingerprint density at radius 2 is 1.50 bits per heavy atom. The summed E-state index contributed by atoms with van der Waals surface area (Å²) in [6.07, 6.45) is -7.04. The van der Waals surface area contributed by atoms with Gasteiger partial charge in [0.2, 0.25) is 0 Å². The SMILES string of the molecule is OC[C@H]1OC(O)[C@@H](O)[C@@H](O)C1O. The van der Waals surface area contributed by atoms with Crippen LogP contribution in [0.15, 0.2) is 0 Å². The van der Waals surface area contributed by atoms with Crippen molar-refractivity contribution >= 4 is 0 Å². The fraction of sp³-hybridized carbons (Fsp3) is 1.00. The van der Waals surface area contributed by atoms with E-state index in [1.54, 1.807) is 0 Å². The van der Waals surface area contributed by atoms with Gasteiger partial charge in [-0.05, 0) is 0 Å². The van der Waals surface area contributed by atoms with Crippen LogP contribution in [-0.4, -0.2) is 62.8 Å². The van der Waals surface area contributed by atoms with E-state index in [9.17, 15) is 0 Å². The zero-order valence-corrected chi connectivity index (χ0v) is 6.24. The summed E-state index contributed by atoms with van der Waals surface area (Å²) >= 11 is 0. The zero-order chi connectivity index (χ0) is 9.30. The summed E-state index contributed by atoms with van der Waals surface area (Å²) in [5, 5.41) is 44.7. The Morgan fingerprint density at radius 3 is 2.00 bits per heavy atom. The van der Waals surface area contributed by atoms with Crippen molar-refractivity contribution in [1.29, 1.82) is 0 Å². The predicted octanol–water partition coefficient (Wildman–Crippen LogP) is -3.22. The third-order valence-corrected chi connectivity index (χ3v) is 1.87. The highest BCUT2D eigenvalue weighted by molar-refractivity contribution is 4.87. The second kappa shape index (κ2) is 3.65. The molecule has 0 aliphatic carbocycles. The third-order valence-electron chi connectivity index (χ3n) is 1.87. The summed E-state index contributed by atoms with van der Waals surface area (Å²) in [4.78, 5) is 0. The van der Waals surface area contributed by atoms with Gasteiger partial charge in [0.1, 0.15) is 24.4 Å². The van der Waals surface area contributed by atoms with Gasteiger partial charge in [-0.1, -0.05) is 0 Å². The summed E-state index contributed by atoms with van der Waals surface area (Å²) in [7, 11) is 0. The molecule has 1 rings (SSSR count). The van der Waals surface area contributed by atoms with Crippen LogP contribution in [0, 0.1) is 0 Å². The topological polar surface area (TPSA) is 110 Å². The number of aliphatic hydroxyl groups excluding tert-OH is 5. The van der Waals surface area contributed by atoms with Crippen LogP contribution in [0.25, 0.3) is 0 Å². The van der Waals surface area contributed by atoms with Crippen molar-refractivity contribution in [2.45, 2.75) is 30.7 Å². The third kappa shape index (κ3) is 1.58. The Kier molecular flexibility index (Phi) is 2.99. The molecule has 1 saturated heterocycles. The van der Waals surface area contributed by atoms with Crippen LogP contribution in [0.3, 0.4) is 0 Å². The average molecular weight is 180 g/mol. The molecule has 0 amide bonds. The molecule has 5 N–H and O–H groups in total. The molecule has 6 nitrogen and oxygen atoms in total. The molecule has 0 radical (unpaired) electrons. The van der Waals surface area contributed by atoms with Gasteiger partial charge >= 0.3 is 0 Å². The minimum Gasteiger partial charge on any atom is -0.394 e. The van der Waals surface area contributed by atoms with Gasteiger partial charge in [0, 0.05) is 0 Å². The van der Waals surface area contributed by atoms with Crippen molar-refractivity contribution in [3.8, 4) is 0 Å². The van der Waals surface area contributed by atoms with Crippen LogP contribution in [0.2, 0.25) is 0 Å². The molecule has 0 bridgehead atoms. The largest absolute Gasteiger partial charge is 0.394 e. The highest BCUT2D eigenvalue weighted by atomic mass is 16.6. The van der Waals surface area contributed by atoms with Crippen molar-refractivity contribution < 1.29 is 30.3 Å². The monoisotopic (exact) mass is 180 g/mol. The highest BCUT2D eigenvalue weighted by Gasteiger charge is 2.42. The van der Waals surface area contributed by atoms with Crippen molar-refractivity contribution in [2.24, 2.45) is 0 Å². The van der Waals surface area contributed by atoms with Gasteiger partial charge < -0.3 is 30.3 Å². The number of rotatable bonds is 1. The zero-order valence-electron chi connectivity index (χ0n) is 6.24. The van der Waals surface area contributed by atoms with Crippen LogP contribution >= 0.6 is 0 Å². The molecule has 2 unspecified atom stereocenters. The van der Waals surface area contributed by atoms with Crippen molar-refractivity contribution in [3.05, 3.63) is 0 Å². The van der Waals surface area contributed by atoms with Gasteiger partial charge in [-0.3, -0.25) is 0 Å². The minimum absolute atomic E-state index is 0.526. The van der Waals surface area contributed by atoms with Crippen LogP contribution in [0.5, 0.6) is 0 Å². The van der Waals surface area contributed by atoms with E-state index in [0.717, 1.165) is 0 Å². The van der Waals surface area contributed by atoms with E-state index in [4.69, 9.17) is 25.5 Å². The Bertz CT molecular complexity index is 146. The molecule has 5 atom stereocenters. The first kappa shape index (κ1) is 9.85. The lowest BCUT2D eigenvalue weighted by Gasteiger charge is -2.37. The van der Waals surface area contributed by atoms with Crippen LogP contribution in [0.4, 0.5) is 0 Å². The molecule has 1 aliphatic rings. The Hall–Kier alpha value is -0.240. The first-order chi connectivity index (χ1) is 5.57. The molecule has 1 aliphatic heterocycles. The van der Waals surface area contributed by atoms with Gasteiger partial charge in [-0.2, -0.15) is 0 Å². The summed E-state index contributed by atoms with van der Waals surface area (Å²) in [6.45, 7) is -0.526. The maximum atomic E-state index is 9.12. The number of hydrogen-bond acceptors (Lipinski definition) is 6. The van der Waals surface area contributed by atoms with Gasteiger partial charge in [0.05, 0.1) is 6.61 Å². The molecule has 0 aromatic rings. The standard InChI is InChI=1S/C6H12O6/c7-1-2-3(8)4(9)5(10)6(11)12-2/h2-11H,1H2/t2-,3?,4+,5+,6?/m1/s1. The molecule has 0 aromatic carbocycles. The van der Waals surface area contributed by atoms with Crippen molar-refractivity contribution in [3.63, 3.8) is 0 Å². The van der Waals surface area contributed by atoms with Crippen LogP contribution in [0.1, 0.15) is 0 Å². The fourth-order valence-electron chi connectivity index (χ4n) is 1.08. The van der Waals surface area contributed by atoms with Crippen molar-refractivity contribution in [2.75, 3.05) is 6.61 Å².